The molecule has 4 rings (SSSR count). The Bertz CT molecular complexity index is 1140. The van der Waals surface area contributed by atoms with Gasteiger partial charge < -0.3 is 18.8 Å². The summed E-state index contributed by atoms with van der Waals surface area (Å²) in [5.41, 5.74) is 4.24. The third-order valence-electron chi connectivity index (χ3n) is 5.70. The van der Waals surface area contributed by atoms with Crippen molar-refractivity contribution < 1.29 is 14.2 Å². The van der Waals surface area contributed by atoms with Crippen LogP contribution >= 0.6 is 12.2 Å². The zero-order chi connectivity index (χ0) is 22.0. The lowest BCUT2D eigenvalue weighted by Gasteiger charge is -2.34. The van der Waals surface area contributed by atoms with Crippen LogP contribution in [-0.2, 0) is 30.7 Å². The Morgan fingerprint density at radius 3 is 2.52 bits per heavy atom. The Morgan fingerprint density at radius 2 is 1.81 bits per heavy atom. The van der Waals surface area contributed by atoms with E-state index in [1.54, 1.807) is 14.2 Å². The zero-order valence-corrected chi connectivity index (χ0v) is 19.3. The summed E-state index contributed by atoms with van der Waals surface area (Å²) in [4.78, 5) is 4.83. The van der Waals surface area contributed by atoms with Crippen LogP contribution in [0, 0.1) is 4.64 Å². The number of aromatic nitrogens is 2. The zero-order valence-electron chi connectivity index (χ0n) is 18.5. The monoisotopic (exact) mass is 436 g/mol. The number of hydrogen-bond donors (Lipinski definition) is 0. The molecule has 1 aromatic heterocycles. The van der Waals surface area contributed by atoms with Crippen LogP contribution in [0.3, 0.4) is 0 Å². The van der Waals surface area contributed by atoms with Crippen molar-refractivity contribution in [2.45, 2.75) is 45.4 Å². The highest BCUT2D eigenvalue weighted by Gasteiger charge is 2.30. The molecule has 0 spiro atoms. The summed E-state index contributed by atoms with van der Waals surface area (Å²) in [6.45, 7) is 5.53. The first kappa shape index (κ1) is 21.5. The van der Waals surface area contributed by atoms with Gasteiger partial charge in [-0.3, -0.25) is 0 Å². The minimum Gasteiger partial charge on any atom is -0.493 e. The maximum absolute atomic E-state index is 6.04. The molecule has 0 radical (unpaired) electrons. The fourth-order valence-electron chi connectivity index (χ4n) is 4.03. The van der Waals surface area contributed by atoms with Gasteiger partial charge in [0, 0.05) is 29.8 Å². The average Bonchev–Trinajstić information content (AvgIpc) is 2.78. The van der Waals surface area contributed by atoms with E-state index >= 15 is 0 Å². The number of rotatable bonds is 6. The summed E-state index contributed by atoms with van der Waals surface area (Å²) in [5.74, 6) is 2.38. The first-order chi connectivity index (χ1) is 14.9. The van der Waals surface area contributed by atoms with E-state index in [0.29, 0.717) is 11.2 Å². The second-order valence-corrected chi connectivity index (χ2v) is 8.73. The largest absolute Gasteiger partial charge is 0.493 e. The molecule has 0 saturated heterocycles. The molecule has 1 aliphatic rings. The highest BCUT2D eigenvalue weighted by Crippen LogP contribution is 2.32. The van der Waals surface area contributed by atoms with E-state index in [1.165, 1.54) is 11.3 Å². The van der Waals surface area contributed by atoms with Crippen molar-refractivity contribution in [2.24, 2.45) is 0 Å². The summed E-state index contributed by atoms with van der Waals surface area (Å²) in [5, 5.41) is 0. The molecule has 0 atom stereocenters. The third-order valence-corrected chi connectivity index (χ3v) is 6.04. The molecule has 0 saturated carbocycles. The molecule has 5 nitrogen and oxygen atoms in total. The Kier molecular flexibility index (Phi) is 6.12. The lowest BCUT2D eigenvalue weighted by Crippen LogP contribution is -2.35. The van der Waals surface area contributed by atoms with Gasteiger partial charge in [-0.15, -0.1) is 0 Å². The minimum absolute atomic E-state index is 0.241. The first-order valence-electron chi connectivity index (χ1n) is 10.4. The van der Waals surface area contributed by atoms with Crippen molar-refractivity contribution in [1.82, 2.24) is 9.55 Å². The lowest BCUT2D eigenvalue weighted by atomic mass is 9.95. The molecule has 0 unspecified atom stereocenters. The topological polar surface area (TPSA) is 45.5 Å². The van der Waals surface area contributed by atoms with E-state index < -0.39 is 0 Å². The van der Waals surface area contributed by atoms with Crippen LogP contribution in [0.2, 0.25) is 0 Å². The van der Waals surface area contributed by atoms with Crippen molar-refractivity contribution >= 4 is 12.2 Å². The molecule has 3 aromatic rings. The smallest absolute Gasteiger partial charge is 0.160 e. The van der Waals surface area contributed by atoms with Crippen LogP contribution in [0.15, 0.2) is 48.5 Å². The van der Waals surface area contributed by atoms with E-state index in [4.69, 9.17) is 31.4 Å². The molecular formula is C25H28N2O3S. The molecule has 1 aliphatic heterocycles. The quantitative estimate of drug-likeness (QED) is 0.485. The van der Waals surface area contributed by atoms with Gasteiger partial charge in [0.25, 0.3) is 0 Å². The summed E-state index contributed by atoms with van der Waals surface area (Å²) < 4.78 is 19.9. The second-order valence-electron chi connectivity index (χ2n) is 8.35. The van der Waals surface area contributed by atoms with Gasteiger partial charge in [-0.05, 0) is 38.0 Å². The van der Waals surface area contributed by atoms with Crippen LogP contribution in [0.5, 0.6) is 11.5 Å². The van der Waals surface area contributed by atoms with E-state index in [2.05, 4.69) is 36.6 Å². The Labute approximate surface area is 188 Å². The van der Waals surface area contributed by atoms with Crippen LogP contribution in [0.25, 0.3) is 11.4 Å². The van der Waals surface area contributed by atoms with Crippen molar-refractivity contribution in [1.29, 1.82) is 0 Å². The minimum atomic E-state index is -0.241. The Morgan fingerprint density at radius 1 is 1.06 bits per heavy atom. The molecular weight excluding hydrogens is 408 g/mol. The van der Waals surface area contributed by atoms with Gasteiger partial charge in [-0.1, -0.05) is 48.6 Å². The van der Waals surface area contributed by atoms with Crippen LogP contribution in [0.1, 0.15) is 30.7 Å². The van der Waals surface area contributed by atoms with Crippen LogP contribution < -0.4 is 9.47 Å². The number of hydrogen-bond acceptors (Lipinski definition) is 5. The second kappa shape index (κ2) is 8.81. The molecule has 0 bridgehead atoms. The SMILES string of the molecule is COc1ccc(CCn2c(-c3ccccc3)nc(=S)c3c2CC(C)(C)OC3)cc1OC. The van der Waals surface area contributed by atoms with Crippen LogP contribution in [0.4, 0.5) is 0 Å². The van der Waals surface area contributed by atoms with E-state index in [9.17, 15) is 0 Å². The standard InChI is InChI=1S/C25H28N2O3S/c1-25(2)15-20-19(16-30-25)24(31)26-23(18-8-6-5-7-9-18)27(20)13-12-17-10-11-21(28-3)22(14-17)29-4/h5-11,14H,12-13,15-16H2,1-4H3. The molecule has 0 aliphatic carbocycles. The number of ether oxygens (including phenoxy) is 3. The van der Waals surface area contributed by atoms with Crippen molar-refractivity contribution in [3.63, 3.8) is 0 Å². The van der Waals surface area contributed by atoms with Crippen LogP contribution in [-0.4, -0.2) is 29.4 Å². The van der Waals surface area contributed by atoms with E-state index in [1.807, 2.05) is 30.3 Å². The van der Waals surface area contributed by atoms with Crippen molar-refractivity contribution in [2.75, 3.05) is 14.2 Å². The van der Waals surface area contributed by atoms with E-state index in [-0.39, 0.29) is 5.60 Å². The highest BCUT2D eigenvalue weighted by atomic mass is 32.1. The van der Waals surface area contributed by atoms with Gasteiger partial charge in [0.2, 0.25) is 0 Å². The Balaban J connectivity index is 1.77. The summed E-state index contributed by atoms with van der Waals surface area (Å²) in [7, 11) is 3.31. The predicted octanol–water partition coefficient (Wildman–Crippen LogP) is 5.39. The first-order valence-corrected chi connectivity index (χ1v) is 10.9. The molecule has 2 heterocycles. The predicted molar refractivity (Wildman–Crippen MR) is 124 cm³/mol. The van der Waals surface area contributed by atoms with Gasteiger partial charge >= 0.3 is 0 Å². The highest BCUT2D eigenvalue weighted by molar-refractivity contribution is 7.71. The van der Waals surface area contributed by atoms with Crippen molar-refractivity contribution in [3.05, 3.63) is 70.0 Å². The van der Waals surface area contributed by atoms with Gasteiger partial charge in [0.15, 0.2) is 11.5 Å². The number of fused-ring (bicyclic) bond motifs is 1. The van der Waals surface area contributed by atoms with E-state index in [0.717, 1.165) is 47.8 Å². The summed E-state index contributed by atoms with van der Waals surface area (Å²) in [6, 6.07) is 16.3. The molecule has 0 N–H and O–H groups in total. The third kappa shape index (κ3) is 4.50. The molecule has 6 heteroatoms. The van der Waals surface area contributed by atoms with Crippen molar-refractivity contribution in [3.8, 4) is 22.9 Å². The average molecular weight is 437 g/mol. The van der Waals surface area contributed by atoms with Gasteiger partial charge in [-0.2, -0.15) is 0 Å². The molecule has 162 valence electrons. The summed E-state index contributed by atoms with van der Waals surface area (Å²) in [6.07, 6.45) is 1.62. The van der Waals surface area contributed by atoms with Gasteiger partial charge in [0.05, 0.1) is 26.4 Å². The molecule has 2 aromatic carbocycles. The lowest BCUT2D eigenvalue weighted by molar-refractivity contribution is -0.0428. The summed E-state index contributed by atoms with van der Waals surface area (Å²) >= 11 is 5.66. The maximum atomic E-state index is 6.04. The number of methoxy groups -OCH3 is 2. The Hall–Kier alpha value is -2.70. The van der Waals surface area contributed by atoms with Gasteiger partial charge in [0.1, 0.15) is 10.5 Å². The normalized spacial score (nSPS) is 14.7. The number of benzene rings is 2. The fraction of sp³-hybridized carbons (Fsp3) is 0.360. The number of aryl methyl sites for hydroxylation is 1. The molecule has 31 heavy (non-hydrogen) atoms. The fourth-order valence-corrected chi connectivity index (χ4v) is 4.30. The van der Waals surface area contributed by atoms with Gasteiger partial charge in [-0.25, -0.2) is 4.98 Å². The molecule has 0 fully saturated rings. The molecule has 0 amide bonds. The maximum Gasteiger partial charge on any atom is 0.160 e. The number of nitrogens with zero attached hydrogens (tertiary/aromatic N) is 2.